The van der Waals surface area contributed by atoms with Crippen molar-refractivity contribution in [1.29, 1.82) is 0 Å². The molecule has 1 atom stereocenters. The third kappa shape index (κ3) is 5.84. The van der Waals surface area contributed by atoms with Crippen LogP contribution >= 0.6 is 24.8 Å². The van der Waals surface area contributed by atoms with Crippen molar-refractivity contribution in [2.45, 2.75) is 13.0 Å². The lowest BCUT2D eigenvalue weighted by molar-refractivity contribution is 0.410. The molecule has 2 rings (SSSR count). The summed E-state index contributed by atoms with van der Waals surface area (Å²) in [6.07, 6.45) is 0. The first-order chi connectivity index (χ1) is 7.31. The van der Waals surface area contributed by atoms with Gasteiger partial charge in [-0.2, -0.15) is 0 Å². The molecule has 5 nitrogen and oxygen atoms in total. The maximum Gasteiger partial charge on any atom is 0.142 e. The summed E-state index contributed by atoms with van der Waals surface area (Å²) in [4.78, 5) is 2.38. The standard InChI is InChI=1S/C12H18N2O.2ClH.2H2O/c1-10-9-14(8-7-13-10)11-5-3-4-6-12(11)15-2;;;;/h3-6,10,13H,7-9H2,1-2H3;2*1H;2*1H2. The number of rotatable bonds is 2. The Kier molecular flexibility index (Phi) is 13.7. The van der Waals surface area contributed by atoms with Crippen LogP contribution in [0.2, 0.25) is 0 Å². The second-order valence-electron chi connectivity index (χ2n) is 3.97. The van der Waals surface area contributed by atoms with Crippen molar-refractivity contribution in [3.05, 3.63) is 24.3 Å². The van der Waals surface area contributed by atoms with Gasteiger partial charge < -0.3 is 25.9 Å². The summed E-state index contributed by atoms with van der Waals surface area (Å²) in [5.74, 6) is 0.964. The summed E-state index contributed by atoms with van der Waals surface area (Å²) in [7, 11) is 1.73. The predicted octanol–water partition coefficient (Wildman–Crippen LogP) is 0.688. The van der Waals surface area contributed by atoms with E-state index in [2.05, 4.69) is 29.3 Å². The Morgan fingerprint density at radius 3 is 2.42 bits per heavy atom. The quantitative estimate of drug-likeness (QED) is 0.871. The third-order valence-electron chi connectivity index (χ3n) is 2.79. The van der Waals surface area contributed by atoms with E-state index in [-0.39, 0.29) is 35.8 Å². The molecule has 1 fully saturated rings. The van der Waals surface area contributed by atoms with Gasteiger partial charge in [-0.1, -0.05) is 12.1 Å². The molecule has 1 aromatic carbocycles. The van der Waals surface area contributed by atoms with Crippen molar-refractivity contribution in [3.63, 3.8) is 0 Å². The number of benzene rings is 1. The Bertz CT molecular complexity index is 343. The van der Waals surface area contributed by atoms with Gasteiger partial charge in [-0.25, -0.2) is 0 Å². The highest BCUT2D eigenvalue weighted by atomic mass is 35.5. The van der Waals surface area contributed by atoms with Crippen LogP contribution in [0.1, 0.15) is 6.92 Å². The van der Waals surface area contributed by atoms with E-state index in [1.165, 1.54) is 5.69 Å². The Morgan fingerprint density at radius 2 is 1.84 bits per heavy atom. The molecule has 19 heavy (non-hydrogen) atoms. The van der Waals surface area contributed by atoms with Crippen LogP contribution in [0.5, 0.6) is 5.75 Å². The van der Waals surface area contributed by atoms with Gasteiger partial charge in [0.2, 0.25) is 0 Å². The lowest BCUT2D eigenvalue weighted by atomic mass is 10.2. The van der Waals surface area contributed by atoms with Crippen molar-refractivity contribution in [2.75, 3.05) is 31.6 Å². The number of ether oxygens (including phenoxy) is 1. The topological polar surface area (TPSA) is 87.5 Å². The summed E-state index contributed by atoms with van der Waals surface area (Å²) in [5, 5.41) is 3.44. The van der Waals surface area contributed by atoms with E-state index in [0.29, 0.717) is 6.04 Å². The number of nitrogens with one attached hydrogen (secondary N) is 1. The molecule has 1 unspecified atom stereocenters. The fourth-order valence-corrected chi connectivity index (χ4v) is 2.04. The number of para-hydroxylation sites is 2. The lowest BCUT2D eigenvalue weighted by Crippen LogP contribution is -2.49. The van der Waals surface area contributed by atoms with E-state index >= 15 is 0 Å². The molecule has 1 aromatic rings. The molecule has 0 spiro atoms. The number of hydrogen-bond donors (Lipinski definition) is 1. The summed E-state index contributed by atoms with van der Waals surface area (Å²) >= 11 is 0. The van der Waals surface area contributed by atoms with Crippen LogP contribution < -0.4 is 15.0 Å². The first-order valence-electron chi connectivity index (χ1n) is 5.42. The highest BCUT2D eigenvalue weighted by Crippen LogP contribution is 2.28. The SMILES string of the molecule is COc1ccccc1N1CCNC(C)C1.Cl.Cl.O.O. The number of nitrogens with zero attached hydrogens (tertiary/aromatic N) is 1. The van der Waals surface area contributed by atoms with Gasteiger partial charge in [0, 0.05) is 25.7 Å². The smallest absolute Gasteiger partial charge is 0.142 e. The summed E-state index contributed by atoms with van der Waals surface area (Å²) in [6.45, 7) is 5.34. The Morgan fingerprint density at radius 1 is 1.21 bits per heavy atom. The molecule has 1 saturated heterocycles. The molecule has 1 aliphatic rings. The number of hydrogen-bond acceptors (Lipinski definition) is 3. The third-order valence-corrected chi connectivity index (χ3v) is 2.79. The minimum Gasteiger partial charge on any atom is -0.495 e. The molecule has 1 aliphatic heterocycles. The van der Waals surface area contributed by atoms with E-state index in [9.17, 15) is 0 Å². The van der Waals surface area contributed by atoms with Crippen LogP contribution in [-0.4, -0.2) is 43.7 Å². The summed E-state index contributed by atoms with van der Waals surface area (Å²) in [5.41, 5.74) is 1.20. The van der Waals surface area contributed by atoms with E-state index in [0.717, 1.165) is 25.4 Å². The molecular formula is C12H24Cl2N2O3. The van der Waals surface area contributed by atoms with Gasteiger partial charge in [0.1, 0.15) is 5.75 Å². The second-order valence-corrected chi connectivity index (χ2v) is 3.97. The van der Waals surface area contributed by atoms with E-state index in [1.807, 2.05) is 12.1 Å². The van der Waals surface area contributed by atoms with Crippen molar-refractivity contribution < 1.29 is 15.7 Å². The average molecular weight is 315 g/mol. The van der Waals surface area contributed by atoms with Crippen LogP contribution in [0, 0.1) is 0 Å². The van der Waals surface area contributed by atoms with Gasteiger partial charge in [-0.15, -0.1) is 24.8 Å². The molecule has 1 heterocycles. The molecule has 0 amide bonds. The number of anilines is 1. The zero-order chi connectivity index (χ0) is 10.7. The van der Waals surface area contributed by atoms with Crippen LogP contribution in [-0.2, 0) is 0 Å². The van der Waals surface area contributed by atoms with Crippen molar-refractivity contribution in [3.8, 4) is 5.75 Å². The Hall–Kier alpha value is -0.720. The Labute approximate surface area is 126 Å². The summed E-state index contributed by atoms with van der Waals surface area (Å²) in [6, 6.07) is 8.75. The van der Waals surface area contributed by atoms with Gasteiger partial charge in [0.25, 0.3) is 0 Å². The number of halogens is 2. The van der Waals surface area contributed by atoms with E-state index in [1.54, 1.807) is 7.11 Å². The minimum atomic E-state index is 0. The molecule has 5 N–H and O–H groups in total. The molecule has 7 heteroatoms. The maximum atomic E-state index is 5.37. The maximum absolute atomic E-state index is 5.37. The monoisotopic (exact) mass is 314 g/mol. The summed E-state index contributed by atoms with van der Waals surface area (Å²) < 4.78 is 5.37. The first-order valence-corrected chi connectivity index (χ1v) is 5.42. The van der Waals surface area contributed by atoms with Gasteiger partial charge >= 0.3 is 0 Å². The largest absolute Gasteiger partial charge is 0.495 e. The average Bonchev–Trinajstić information content (AvgIpc) is 2.29. The number of methoxy groups -OCH3 is 1. The van der Waals surface area contributed by atoms with Gasteiger partial charge in [-0.05, 0) is 19.1 Å². The van der Waals surface area contributed by atoms with Crippen LogP contribution in [0.4, 0.5) is 5.69 Å². The molecule has 0 aliphatic carbocycles. The molecule has 0 aromatic heterocycles. The van der Waals surface area contributed by atoms with Crippen LogP contribution in [0.15, 0.2) is 24.3 Å². The minimum absolute atomic E-state index is 0. The normalized spacial score (nSPS) is 16.9. The highest BCUT2D eigenvalue weighted by molar-refractivity contribution is 5.85. The van der Waals surface area contributed by atoms with E-state index < -0.39 is 0 Å². The second kappa shape index (κ2) is 11.1. The first kappa shape index (κ1) is 23.4. The molecule has 114 valence electrons. The van der Waals surface area contributed by atoms with Crippen LogP contribution in [0.3, 0.4) is 0 Å². The zero-order valence-electron chi connectivity index (χ0n) is 11.2. The number of piperazine rings is 1. The molecule has 0 saturated carbocycles. The van der Waals surface area contributed by atoms with Crippen molar-refractivity contribution in [2.24, 2.45) is 0 Å². The van der Waals surface area contributed by atoms with Crippen LogP contribution in [0.25, 0.3) is 0 Å². The zero-order valence-corrected chi connectivity index (χ0v) is 12.8. The Balaban J connectivity index is -0.000000640. The van der Waals surface area contributed by atoms with Crippen molar-refractivity contribution >= 4 is 30.5 Å². The fraction of sp³-hybridized carbons (Fsp3) is 0.500. The van der Waals surface area contributed by atoms with Gasteiger partial charge in [-0.3, -0.25) is 0 Å². The predicted molar refractivity (Wildman–Crippen MR) is 84.4 cm³/mol. The van der Waals surface area contributed by atoms with E-state index in [4.69, 9.17) is 4.74 Å². The molecule has 0 bridgehead atoms. The fourth-order valence-electron chi connectivity index (χ4n) is 2.04. The highest BCUT2D eigenvalue weighted by Gasteiger charge is 2.18. The van der Waals surface area contributed by atoms with Crippen molar-refractivity contribution in [1.82, 2.24) is 5.32 Å². The van der Waals surface area contributed by atoms with Gasteiger partial charge in [0.15, 0.2) is 0 Å². The lowest BCUT2D eigenvalue weighted by Gasteiger charge is -2.34. The van der Waals surface area contributed by atoms with Gasteiger partial charge in [0.05, 0.1) is 12.8 Å². The molecule has 0 radical (unpaired) electrons. The molecular weight excluding hydrogens is 291 g/mol.